The molecule has 1 saturated heterocycles. The van der Waals surface area contributed by atoms with Gasteiger partial charge < -0.3 is 10.2 Å². The average Bonchev–Trinajstić information content (AvgIpc) is 2.22. The van der Waals surface area contributed by atoms with E-state index in [1.807, 2.05) is 27.7 Å². The predicted molar refractivity (Wildman–Crippen MR) is 65.9 cm³/mol. The molecule has 0 spiro atoms. The normalized spacial score (nSPS) is 22.6. The molecule has 2 atom stereocenters. The maximum absolute atomic E-state index is 12.2. The Labute approximate surface area is 103 Å². The van der Waals surface area contributed by atoms with Gasteiger partial charge in [0.05, 0.1) is 6.04 Å². The Morgan fingerprint density at radius 2 is 1.94 bits per heavy atom. The predicted octanol–water partition coefficient (Wildman–Crippen LogP) is 0.627. The van der Waals surface area contributed by atoms with E-state index in [1.54, 1.807) is 0 Å². The second-order valence-electron chi connectivity index (χ2n) is 5.11. The number of carbonyl (C=O) groups excluding carboxylic acids is 2. The maximum Gasteiger partial charge on any atom is 0.246 e. The van der Waals surface area contributed by atoms with Crippen molar-refractivity contribution in [1.82, 2.24) is 10.2 Å². The summed E-state index contributed by atoms with van der Waals surface area (Å²) in [6.07, 6.45) is 5.46. The monoisotopic (exact) mass is 236 g/mol. The number of nitrogens with one attached hydrogen (secondary N) is 1. The lowest BCUT2D eigenvalue weighted by Crippen LogP contribution is -2.62. The molecule has 17 heavy (non-hydrogen) atoms. The van der Waals surface area contributed by atoms with Crippen molar-refractivity contribution in [2.75, 3.05) is 6.54 Å². The largest absolute Gasteiger partial charge is 0.343 e. The molecule has 1 rings (SSSR count). The van der Waals surface area contributed by atoms with Crippen LogP contribution in [0.4, 0.5) is 0 Å². The van der Waals surface area contributed by atoms with E-state index in [9.17, 15) is 9.59 Å². The summed E-state index contributed by atoms with van der Waals surface area (Å²) in [5.74, 6) is 2.61. The molecule has 1 aliphatic heterocycles. The second-order valence-corrected chi connectivity index (χ2v) is 5.11. The number of amides is 2. The van der Waals surface area contributed by atoms with Crippen LogP contribution in [-0.4, -0.2) is 35.3 Å². The lowest BCUT2D eigenvalue weighted by atomic mass is 9.96. The van der Waals surface area contributed by atoms with Gasteiger partial charge in [0.25, 0.3) is 0 Å². The Hall–Kier alpha value is -1.50. The third-order valence-corrected chi connectivity index (χ3v) is 2.98. The van der Waals surface area contributed by atoms with E-state index in [2.05, 4.69) is 11.2 Å². The Morgan fingerprint density at radius 1 is 1.35 bits per heavy atom. The van der Waals surface area contributed by atoms with Gasteiger partial charge in [-0.25, -0.2) is 0 Å². The first-order valence-electron chi connectivity index (χ1n) is 5.94. The van der Waals surface area contributed by atoms with Gasteiger partial charge in [0.1, 0.15) is 12.6 Å². The van der Waals surface area contributed by atoms with Crippen LogP contribution in [0.3, 0.4) is 0 Å². The first kappa shape index (κ1) is 13.6. The summed E-state index contributed by atoms with van der Waals surface area (Å²) in [6.45, 7) is 7.79. The maximum atomic E-state index is 12.2. The highest BCUT2D eigenvalue weighted by Gasteiger charge is 2.38. The summed E-state index contributed by atoms with van der Waals surface area (Å²) < 4.78 is 0. The van der Waals surface area contributed by atoms with Gasteiger partial charge in [0.2, 0.25) is 11.8 Å². The van der Waals surface area contributed by atoms with Crippen LogP contribution in [0.2, 0.25) is 0 Å². The summed E-state index contributed by atoms with van der Waals surface area (Å²) in [4.78, 5) is 25.4. The quantitative estimate of drug-likeness (QED) is 0.731. The Balaban J connectivity index is 2.95. The van der Waals surface area contributed by atoms with Crippen molar-refractivity contribution in [2.45, 2.75) is 39.8 Å². The zero-order chi connectivity index (χ0) is 13.2. The molecule has 0 aromatic carbocycles. The van der Waals surface area contributed by atoms with Crippen LogP contribution in [-0.2, 0) is 9.59 Å². The molecular weight excluding hydrogens is 216 g/mol. The molecule has 4 heteroatoms. The molecule has 4 nitrogen and oxygen atoms in total. The molecule has 1 aliphatic rings. The molecule has 2 amide bonds. The third kappa shape index (κ3) is 2.79. The number of nitrogens with zero attached hydrogens (tertiary/aromatic N) is 1. The van der Waals surface area contributed by atoms with Gasteiger partial charge in [0, 0.05) is 0 Å². The second kappa shape index (κ2) is 5.22. The first-order chi connectivity index (χ1) is 7.88. The molecule has 1 N–H and O–H groups in total. The minimum absolute atomic E-state index is 0.0646. The molecule has 1 fully saturated rings. The number of hydrogen-bond acceptors (Lipinski definition) is 2. The van der Waals surface area contributed by atoms with E-state index in [1.165, 1.54) is 4.90 Å². The van der Waals surface area contributed by atoms with E-state index < -0.39 is 6.04 Å². The van der Waals surface area contributed by atoms with Crippen molar-refractivity contribution in [3.8, 4) is 12.3 Å². The van der Waals surface area contributed by atoms with Crippen LogP contribution in [0.25, 0.3) is 0 Å². The zero-order valence-corrected chi connectivity index (χ0v) is 10.9. The van der Waals surface area contributed by atoms with Crippen molar-refractivity contribution < 1.29 is 9.59 Å². The van der Waals surface area contributed by atoms with Crippen LogP contribution in [0, 0.1) is 24.2 Å². The van der Waals surface area contributed by atoms with Crippen molar-refractivity contribution in [1.29, 1.82) is 0 Å². The lowest BCUT2D eigenvalue weighted by molar-refractivity contribution is -0.147. The Bertz CT molecular complexity index is 355. The molecule has 2 unspecified atom stereocenters. The van der Waals surface area contributed by atoms with E-state index in [0.717, 1.165) is 0 Å². The van der Waals surface area contributed by atoms with Gasteiger partial charge >= 0.3 is 0 Å². The molecule has 0 aromatic heterocycles. The van der Waals surface area contributed by atoms with Gasteiger partial charge in [0.15, 0.2) is 0 Å². The van der Waals surface area contributed by atoms with Crippen LogP contribution in [0.15, 0.2) is 0 Å². The SMILES string of the molecule is C#CC(C(C)C)N1CC(=O)NC(C(C)C)C1=O. The third-order valence-electron chi connectivity index (χ3n) is 2.98. The fraction of sp³-hybridized carbons (Fsp3) is 0.692. The fourth-order valence-corrected chi connectivity index (χ4v) is 2.02. The van der Waals surface area contributed by atoms with Crippen LogP contribution < -0.4 is 5.32 Å². The van der Waals surface area contributed by atoms with Crippen molar-refractivity contribution in [2.24, 2.45) is 11.8 Å². The van der Waals surface area contributed by atoms with Crippen molar-refractivity contribution in [3.63, 3.8) is 0 Å². The van der Waals surface area contributed by atoms with E-state index in [-0.39, 0.29) is 36.2 Å². The van der Waals surface area contributed by atoms with Gasteiger partial charge in [-0.05, 0) is 11.8 Å². The molecule has 0 saturated carbocycles. The number of piperazine rings is 1. The topological polar surface area (TPSA) is 49.4 Å². The van der Waals surface area contributed by atoms with Gasteiger partial charge in [-0.15, -0.1) is 6.42 Å². The van der Waals surface area contributed by atoms with E-state index >= 15 is 0 Å². The van der Waals surface area contributed by atoms with E-state index in [4.69, 9.17) is 6.42 Å². The summed E-state index contributed by atoms with van der Waals surface area (Å²) in [5, 5.41) is 2.71. The highest BCUT2D eigenvalue weighted by atomic mass is 16.2. The zero-order valence-electron chi connectivity index (χ0n) is 10.9. The van der Waals surface area contributed by atoms with Gasteiger partial charge in [-0.2, -0.15) is 0 Å². The molecule has 0 aliphatic carbocycles. The Kier molecular flexibility index (Phi) is 4.17. The summed E-state index contributed by atoms with van der Waals surface area (Å²) >= 11 is 0. The number of rotatable bonds is 3. The minimum atomic E-state index is -0.453. The first-order valence-corrected chi connectivity index (χ1v) is 5.94. The molecule has 94 valence electrons. The molecule has 0 radical (unpaired) electrons. The standard InChI is InChI=1S/C13H20N2O2/c1-6-10(8(2)3)15-7-11(16)14-12(9(4)5)13(15)17/h1,8-10,12H,7H2,2-5H3,(H,14,16). The number of hydrogen-bond donors (Lipinski definition) is 1. The molecular formula is C13H20N2O2. The minimum Gasteiger partial charge on any atom is -0.343 e. The van der Waals surface area contributed by atoms with Crippen LogP contribution in [0.5, 0.6) is 0 Å². The van der Waals surface area contributed by atoms with Crippen LogP contribution >= 0.6 is 0 Å². The highest BCUT2D eigenvalue weighted by molar-refractivity contribution is 5.95. The average molecular weight is 236 g/mol. The number of carbonyl (C=O) groups is 2. The molecule has 1 heterocycles. The Morgan fingerprint density at radius 3 is 2.35 bits per heavy atom. The van der Waals surface area contributed by atoms with Crippen molar-refractivity contribution in [3.05, 3.63) is 0 Å². The molecule has 0 aromatic rings. The van der Waals surface area contributed by atoms with Crippen molar-refractivity contribution >= 4 is 11.8 Å². The fourth-order valence-electron chi connectivity index (χ4n) is 2.02. The van der Waals surface area contributed by atoms with E-state index in [0.29, 0.717) is 0 Å². The molecule has 0 bridgehead atoms. The van der Waals surface area contributed by atoms with Gasteiger partial charge in [-0.3, -0.25) is 9.59 Å². The van der Waals surface area contributed by atoms with Gasteiger partial charge in [-0.1, -0.05) is 33.6 Å². The summed E-state index contributed by atoms with van der Waals surface area (Å²) in [5.41, 5.74) is 0. The smallest absolute Gasteiger partial charge is 0.246 e. The van der Waals surface area contributed by atoms with Crippen LogP contribution in [0.1, 0.15) is 27.7 Å². The number of terminal acetylenes is 1. The lowest BCUT2D eigenvalue weighted by Gasteiger charge is -2.38. The summed E-state index contributed by atoms with van der Waals surface area (Å²) in [7, 11) is 0. The summed E-state index contributed by atoms with van der Waals surface area (Å²) in [6, 6.07) is -0.763. The highest BCUT2D eigenvalue weighted by Crippen LogP contribution is 2.17.